The second kappa shape index (κ2) is 12.2. The molecule has 204 valence electrons. The molecule has 4 aromatic carbocycles. The van der Waals surface area contributed by atoms with Crippen molar-refractivity contribution in [2.45, 2.75) is 59.8 Å². The normalized spacial score (nSPS) is 11.0. The Morgan fingerprint density at radius 2 is 0.923 bits per heavy atom. The zero-order valence-electron chi connectivity index (χ0n) is 23.0. The molecule has 4 rings (SSSR count). The van der Waals surface area contributed by atoms with E-state index >= 15 is 0 Å². The van der Waals surface area contributed by atoms with Crippen LogP contribution in [0, 0.1) is 11.6 Å². The minimum absolute atomic E-state index is 0.191. The monoisotopic (exact) mass is 530 g/mol. The van der Waals surface area contributed by atoms with Crippen LogP contribution in [-0.4, -0.2) is 0 Å². The van der Waals surface area contributed by atoms with Crippen molar-refractivity contribution in [1.82, 2.24) is 0 Å². The van der Waals surface area contributed by atoms with Gasteiger partial charge in [0.05, 0.1) is 0 Å². The summed E-state index contributed by atoms with van der Waals surface area (Å²) >= 11 is 0. The molecule has 0 bridgehead atoms. The van der Waals surface area contributed by atoms with E-state index in [1.807, 2.05) is 76.2 Å². The Hall–Kier alpha value is -4.06. The molecule has 0 aliphatic heterocycles. The first kappa shape index (κ1) is 28.0. The van der Waals surface area contributed by atoms with Crippen molar-refractivity contribution in [1.29, 1.82) is 0 Å². The standard InChI is InChI=1S/C33H36F2N2O2/c1-5-22-18-28(30(34)26(7-3)32(22)36)38-24-13-9-20(10-14-24)17-21-11-15-25(16-12-21)39-29-19-23(6-2)33(37)27(8-4)31(29)35/h9-16,18-19H,5-8,17,36-37H2,1-4H3. The highest BCUT2D eigenvalue weighted by Crippen LogP contribution is 2.35. The predicted molar refractivity (Wildman–Crippen MR) is 155 cm³/mol. The molecule has 0 aromatic heterocycles. The van der Waals surface area contributed by atoms with Crippen LogP contribution in [-0.2, 0) is 32.1 Å². The number of nitrogen functional groups attached to an aromatic ring is 2. The molecule has 0 spiro atoms. The molecule has 0 atom stereocenters. The Morgan fingerprint density at radius 3 is 1.23 bits per heavy atom. The number of aryl methyl sites for hydroxylation is 2. The Bertz CT molecular complexity index is 1340. The number of hydrogen-bond donors (Lipinski definition) is 2. The van der Waals surface area contributed by atoms with Crippen LogP contribution in [0.2, 0.25) is 0 Å². The van der Waals surface area contributed by atoms with E-state index in [0.717, 1.165) is 22.3 Å². The van der Waals surface area contributed by atoms with Crippen LogP contribution in [0.5, 0.6) is 23.0 Å². The predicted octanol–water partition coefficient (Wildman–Crippen LogP) is 8.55. The van der Waals surface area contributed by atoms with Gasteiger partial charge in [-0.3, -0.25) is 0 Å². The molecule has 0 aliphatic carbocycles. The summed E-state index contributed by atoms with van der Waals surface area (Å²) in [6.45, 7) is 7.74. The number of rotatable bonds is 10. The van der Waals surface area contributed by atoms with Gasteiger partial charge in [0.15, 0.2) is 23.1 Å². The molecule has 0 saturated carbocycles. The topological polar surface area (TPSA) is 70.5 Å². The lowest BCUT2D eigenvalue weighted by molar-refractivity contribution is 0.438. The molecule has 0 heterocycles. The van der Waals surface area contributed by atoms with Gasteiger partial charge in [0.2, 0.25) is 0 Å². The SMILES string of the molecule is CCc1cc(Oc2ccc(Cc3ccc(Oc4cc(CC)c(N)c(CC)c4F)cc3)cc2)c(F)c(CC)c1N. The smallest absolute Gasteiger partial charge is 0.170 e. The number of nitrogens with two attached hydrogens (primary N) is 2. The van der Waals surface area contributed by atoms with Gasteiger partial charge in [-0.15, -0.1) is 0 Å². The Morgan fingerprint density at radius 1 is 0.564 bits per heavy atom. The Balaban J connectivity index is 1.45. The van der Waals surface area contributed by atoms with Crippen molar-refractivity contribution >= 4 is 11.4 Å². The van der Waals surface area contributed by atoms with E-state index < -0.39 is 11.6 Å². The highest BCUT2D eigenvalue weighted by molar-refractivity contribution is 5.60. The molecule has 0 radical (unpaired) electrons. The van der Waals surface area contributed by atoms with E-state index in [0.29, 0.717) is 66.1 Å². The third-order valence-corrected chi connectivity index (χ3v) is 7.09. The van der Waals surface area contributed by atoms with Gasteiger partial charge in [0.25, 0.3) is 0 Å². The number of hydrogen-bond acceptors (Lipinski definition) is 4. The minimum Gasteiger partial charge on any atom is -0.454 e. The largest absolute Gasteiger partial charge is 0.454 e. The van der Waals surface area contributed by atoms with E-state index in [4.69, 9.17) is 20.9 Å². The van der Waals surface area contributed by atoms with Gasteiger partial charge in [-0.05, 0) is 90.8 Å². The van der Waals surface area contributed by atoms with Gasteiger partial charge in [0.1, 0.15) is 11.5 Å². The summed E-state index contributed by atoms with van der Waals surface area (Å²) in [7, 11) is 0. The number of ether oxygens (including phenoxy) is 2. The van der Waals surface area contributed by atoms with Crippen LogP contribution in [0.15, 0.2) is 60.7 Å². The number of benzene rings is 4. The highest BCUT2D eigenvalue weighted by Gasteiger charge is 2.17. The van der Waals surface area contributed by atoms with Crippen LogP contribution >= 0.6 is 0 Å². The molecule has 0 amide bonds. The zero-order valence-corrected chi connectivity index (χ0v) is 23.0. The fourth-order valence-corrected chi connectivity index (χ4v) is 4.79. The van der Waals surface area contributed by atoms with Gasteiger partial charge in [-0.1, -0.05) is 52.0 Å². The molecule has 4 nitrogen and oxygen atoms in total. The van der Waals surface area contributed by atoms with E-state index in [9.17, 15) is 8.78 Å². The van der Waals surface area contributed by atoms with Gasteiger partial charge in [-0.25, -0.2) is 8.78 Å². The maximum absolute atomic E-state index is 14.9. The van der Waals surface area contributed by atoms with Crippen LogP contribution in [0.25, 0.3) is 0 Å². The summed E-state index contributed by atoms with van der Waals surface area (Å²) in [6.07, 6.45) is 3.09. The number of anilines is 2. The first-order chi connectivity index (χ1) is 18.8. The van der Waals surface area contributed by atoms with E-state index in [1.54, 1.807) is 12.1 Å². The molecular formula is C33H36F2N2O2. The summed E-state index contributed by atoms with van der Waals surface area (Å²) in [6, 6.07) is 18.5. The molecule has 0 unspecified atom stereocenters. The second-order valence-corrected chi connectivity index (χ2v) is 9.56. The van der Waals surface area contributed by atoms with Crippen molar-refractivity contribution in [3.8, 4) is 23.0 Å². The first-order valence-electron chi connectivity index (χ1n) is 13.5. The molecule has 0 fully saturated rings. The minimum atomic E-state index is -0.408. The van der Waals surface area contributed by atoms with Crippen molar-refractivity contribution in [2.75, 3.05) is 11.5 Å². The maximum atomic E-state index is 14.9. The van der Waals surface area contributed by atoms with E-state index in [-0.39, 0.29) is 11.5 Å². The average Bonchev–Trinajstić information content (AvgIpc) is 2.94. The summed E-state index contributed by atoms with van der Waals surface area (Å²) in [5, 5.41) is 0. The Kier molecular flexibility index (Phi) is 8.75. The van der Waals surface area contributed by atoms with Crippen molar-refractivity contribution in [2.24, 2.45) is 0 Å². The average molecular weight is 531 g/mol. The van der Waals surface area contributed by atoms with Gasteiger partial charge < -0.3 is 20.9 Å². The molecule has 39 heavy (non-hydrogen) atoms. The van der Waals surface area contributed by atoms with Crippen LogP contribution in [0.1, 0.15) is 61.1 Å². The summed E-state index contributed by atoms with van der Waals surface area (Å²) in [5.74, 6) is 0.674. The number of halogens is 2. The lowest BCUT2D eigenvalue weighted by Gasteiger charge is -2.15. The van der Waals surface area contributed by atoms with Crippen LogP contribution in [0.3, 0.4) is 0 Å². The van der Waals surface area contributed by atoms with Gasteiger partial charge in [0, 0.05) is 22.5 Å². The molecule has 4 aromatic rings. The fourth-order valence-electron chi connectivity index (χ4n) is 4.79. The van der Waals surface area contributed by atoms with E-state index in [2.05, 4.69) is 0 Å². The highest BCUT2D eigenvalue weighted by atomic mass is 19.1. The molecule has 6 heteroatoms. The summed E-state index contributed by atoms with van der Waals surface area (Å²) < 4.78 is 41.7. The van der Waals surface area contributed by atoms with Gasteiger partial charge >= 0.3 is 0 Å². The van der Waals surface area contributed by atoms with Crippen LogP contribution < -0.4 is 20.9 Å². The van der Waals surface area contributed by atoms with Gasteiger partial charge in [-0.2, -0.15) is 0 Å². The lowest BCUT2D eigenvalue weighted by atomic mass is 10.0. The third kappa shape index (κ3) is 6.00. The van der Waals surface area contributed by atoms with Crippen molar-refractivity contribution < 1.29 is 18.3 Å². The first-order valence-corrected chi connectivity index (χ1v) is 13.5. The quantitative estimate of drug-likeness (QED) is 0.202. The molecular weight excluding hydrogens is 494 g/mol. The van der Waals surface area contributed by atoms with Crippen molar-refractivity contribution in [3.05, 3.63) is 106 Å². The fraction of sp³-hybridized carbons (Fsp3) is 0.273. The maximum Gasteiger partial charge on any atom is 0.170 e. The molecule has 0 aliphatic rings. The molecule has 0 saturated heterocycles. The van der Waals surface area contributed by atoms with Crippen LogP contribution in [0.4, 0.5) is 20.2 Å². The lowest BCUT2D eigenvalue weighted by Crippen LogP contribution is -2.04. The second-order valence-electron chi connectivity index (χ2n) is 9.56. The Labute approximate surface area is 229 Å². The van der Waals surface area contributed by atoms with E-state index in [1.165, 1.54) is 0 Å². The van der Waals surface area contributed by atoms with Crippen molar-refractivity contribution in [3.63, 3.8) is 0 Å². The summed E-state index contributed by atoms with van der Waals surface area (Å²) in [4.78, 5) is 0. The summed E-state index contributed by atoms with van der Waals surface area (Å²) in [5.41, 5.74) is 18.1. The zero-order chi connectivity index (χ0) is 28.1. The molecule has 4 N–H and O–H groups in total. The third-order valence-electron chi connectivity index (χ3n) is 7.09.